The van der Waals surface area contributed by atoms with E-state index in [1.54, 1.807) is 12.1 Å². The fourth-order valence-electron chi connectivity index (χ4n) is 5.39. The number of hydrogen-bond acceptors (Lipinski definition) is 10. The highest BCUT2D eigenvalue weighted by Gasteiger charge is 2.40. The number of halogens is 2. The molecule has 1 saturated carbocycles. The maximum absolute atomic E-state index is 15.6. The van der Waals surface area contributed by atoms with Gasteiger partial charge in [0.15, 0.2) is 46.2 Å². The molecule has 3 atom stereocenters. The molecule has 0 unspecified atom stereocenters. The Kier molecular flexibility index (Phi) is 9.92. The Balaban J connectivity index is 1.26. The van der Waals surface area contributed by atoms with Crippen molar-refractivity contribution in [3.05, 3.63) is 45.7 Å². The van der Waals surface area contributed by atoms with Gasteiger partial charge in [-0.3, -0.25) is 19.2 Å². The number of hydrogen-bond donors (Lipinski definition) is 1. The Bertz CT molecular complexity index is 1840. The van der Waals surface area contributed by atoms with Crippen molar-refractivity contribution in [1.82, 2.24) is 0 Å². The zero-order chi connectivity index (χ0) is 33.3. The molecule has 244 valence electrons. The third-order valence-corrected chi connectivity index (χ3v) is 10.4. The van der Waals surface area contributed by atoms with E-state index in [0.717, 1.165) is 22.7 Å². The topological polar surface area (TPSA) is 125 Å². The van der Waals surface area contributed by atoms with Gasteiger partial charge in [0, 0.05) is 57.0 Å². The Hall–Kier alpha value is -4.10. The summed E-state index contributed by atoms with van der Waals surface area (Å²) in [5.74, 6) is -4.66. The Morgan fingerprint density at radius 3 is 1.80 bits per heavy atom. The molecule has 0 saturated heterocycles. The first kappa shape index (κ1) is 33.3. The fourth-order valence-corrected chi connectivity index (χ4v) is 7.51. The second-order valence-electron chi connectivity index (χ2n) is 11.2. The first-order valence-electron chi connectivity index (χ1n) is 14.6. The predicted molar refractivity (Wildman–Crippen MR) is 169 cm³/mol. The predicted octanol–water partition coefficient (Wildman–Crippen LogP) is 7.35. The number of Topliss-reactive ketones (excluding diaryl/α,β-unsaturated/α-hetero) is 3. The molecule has 0 amide bonds. The van der Waals surface area contributed by atoms with Crippen LogP contribution in [0.4, 0.5) is 8.78 Å². The van der Waals surface area contributed by atoms with Crippen LogP contribution in [0.3, 0.4) is 0 Å². The van der Waals surface area contributed by atoms with Gasteiger partial charge in [-0.05, 0) is 31.9 Å². The molecule has 2 aromatic carbocycles. The minimum Gasteiger partial charge on any atom is -0.493 e. The summed E-state index contributed by atoms with van der Waals surface area (Å²) in [5, 5.41) is 9.46. The van der Waals surface area contributed by atoms with E-state index < -0.39 is 29.3 Å². The second-order valence-corrected chi connectivity index (χ2v) is 13.3. The monoisotopic (exact) mass is 674 g/mol. The average molecular weight is 675 g/mol. The summed E-state index contributed by atoms with van der Waals surface area (Å²) in [5.41, 5.74) is 0. The van der Waals surface area contributed by atoms with Crippen LogP contribution in [-0.2, 0) is 9.59 Å². The van der Waals surface area contributed by atoms with E-state index >= 15 is 8.78 Å². The van der Waals surface area contributed by atoms with Crippen molar-refractivity contribution in [3.63, 3.8) is 0 Å². The lowest BCUT2D eigenvalue weighted by Crippen LogP contribution is -2.36. The lowest BCUT2D eigenvalue weighted by Gasteiger charge is -2.33. The van der Waals surface area contributed by atoms with Crippen LogP contribution in [0.15, 0.2) is 24.3 Å². The van der Waals surface area contributed by atoms with Gasteiger partial charge in [-0.15, -0.1) is 22.7 Å². The lowest BCUT2D eigenvalue weighted by atomic mass is 9.69. The van der Waals surface area contributed by atoms with Crippen LogP contribution in [0.25, 0.3) is 20.2 Å². The summed E-state index contributed by atoms with van der Waals surface area (Å²) in [6.45, 7) is 2.88. The van der Waals surface area contributed by atoms with Crippen molar-refractivity contribution < 1.29 is 52.0 Å². The molecule has 0 spiro atoms. The van der Waals surface area contributed by atoms with Gasteiger partial charge in [0.2, 0.25) is 0 Å². The van der Waals surface area contributed by atoms with Crippen molar-refractivity contribution in [2.75, 3.05) is 27.4 Å². The third-order valence-electron chi connectivity index (χ3n) is 8.15. The molecule has 1 fully saturated rings. The van der Waals surface area contributed by atoms with Crippen LogP contribution in [0.5, 0.6) is 23.0 Å². The van der Waals surface area contributed by atoms with Crippen molar-refractivity contribution in [2.24, 2.45) is 17.8 Å². The summed E-state index contributed by atoms with van der Waals surface area (Å²) in [6, 6.07) is 6.02. The number of thiophene rings is 2. The lowest BCUT2D eigenvalue weighted by molar-refractivity contribution is -0.141. The van der Waals surface area contributed by atoms with Crippen LogP contribution in [0.2, 0.25) is 0 Å². The van der Waals surface area contributed by atoms with E-state index in [1.165, 1.54) is 40.2 Å². The molecule has 4 aromatic rings. The number of carboxylic acids is 1. The molecule has 1 aliphatic carbocycles. The minimum absolute atomic E-state index is 0.0118. The first-order chi connectivity index (χ1) is 21.9. The van der Waals surface area contributed by atoms with E-state index in [-0.39, 0.29) is 88.1 Å². The van der Waals surface area contributed by atoms with E-state index in [2.05, 4.69) is 0 Å². The van der Waals surface area contributed by atoms with E-state index in [1.807, 2.05) is 0 Å². The van der Waals surface area contributed by atoms with Crippen LogP contribution in [-0.4, -0.2) is 55.9 Å². The molecule has 9 nitrogen and oxygen atoms in total. The zero-order valence-corrected chi connectivity index (χ0v) is 27.2. The molecule has 5 rings (SSSR count). The normalized spacial score (nSPS) is 16.6. The van der Waals surface area contributed by atoms with Crippen LogP contribution in [0, 0.1) is 29.4 Å². The van der Waals surface area contributed by atoms with Gasteiger partial charge in [-0.25, -0.2) is 8.78 Å². The number of carbonyl (C=O) groups is 4. The summed E-state index contributed by atoms with van der Waals surface area (Å²) < 4.78 is 54.2. The number of carboxylic acid groups (broad SMARTS) is 1. The number of rotatable bonds is 15. The maximum atomic E-state index is 15.6. The maximum Gasteiger partial charge on any atom is 0.306 e. The highest BCUT2D eigenvalue weighted by molar-refractivity contribution is 7.21. The molecule has 0 aliphatic heterocycles. The van der Waals surface area contributed by atoms with Crippen LogP contribution < -0.4 is 18.9 Å². The summed E-state index contributed by atoms with van der Waals surface area (Å²) in [4.78, 5) is 49.2. The molecule has 13 heteroatoms. The number of benzene rings is 2. The quantitative estimate of drug-likeness (QED) is 0.102. The van der Waals surface area contributed by atoms with Crippen LogP contribution in [0.1, 0.15) is 58.9 Å². The number of aliphatic carboxylic acids is 1. The van der Waals surface area contributed by atoms with Crippen LogP contribution >= 0.6 is 22.7 Å². The van der Waals surface area contributed by atoms with Gasteiger partial charge in [-0.2, -0.15) is 0 Å². The fraction of sp³-hybridized carbons (Fsp3) is 0.394. The number of methoxy groups -OCH3 is 2. The summed E-state index contributed by atoms with van der Waals surface area (Å²) >= 11 is 2.18. The number of fused-ring (bicyclic) bond motifs is 2. The van der Waals surface area contributed by atoms with E-state index in [0.29, 0.717) is 27.1 Å². The number of ether oxygens (including phenoxy) is 4. The number of ketones is 3. The largest absolute Gasteiger partial charge is 0.493 e. The average Bonchev–Trinajstić information content (AvgIpc) is 3.63. The van der Waals surface area contributed by atoms with Gasteiger partial charge in [0.25, 0.3) is 0 Å². The SMILES string of the molecule is COc1cc2sc(C(=O)C[C@H](C)C(=O)O)cc2c(F)c1OCCCOc1c(OC)cc2sc(C(=O)[C@@H]3CC[C@H]3C(C)=O)cc2c1F. The third kappa shape index (κ3) is 6.43. The van der Waals surface area contributed by atoms with Gasteiger partial charge < -0.3 is 24.1 Å². The van der Waals surface area contributed by atoms with Gasteiger partial charge in [0.1, 0.15) is 5.78 Å². The molecule has 2 heterocycles. The Morgan fingerprint density at radius 2 is 1.35 bits per heavy atom. The van der Waals surface area contributed by atoms with Crippen molar-refractivity contribution >= 4 is 66.2 Å². The summed E-state index contributed by atoms with van der Waals surface area (Å²) in [7, 11) is 2.73. The van der Waals surface area contributed by atoms with Crippen molar-refractivity contribution in [3.8, 4) is 23.0 Å². The highest BCUT2D eigenvalue weighted by atomic mass is 32.1. The van der Waals surface area contributed by atoms with E-state index in [9.17, 15) is 19.2 Å². The molecule has 0 bridgehead atoms. The second kappa shape index (κ2) is 13.7. The number of carbonyl (C=O) groups excluding carboxylic acids is 3. The summed E-state index contributed by atoms with van der Waals surface area (Å²) in [6.07, 6.45) is 1.32. The van der Waals surface area contributed by atoms with Crippen molar-refractivity contribution in [2.45, 2.75) is 39.5 Å². The van der Waals surface area contributed by atoms with Gasteiger partial charge >= 0.3 is 5.97 Å². The standard InChI is InChI=1S/C33H32F2O9S2/c1-15(33(39)40)10-21(37)26-11-19-24(45-26)13-22(41-3)31(28(19)34)43-8-5-9-44-32-23(42-4)14-25-20(29(32)35)12-27(46-25)30(38)18-7-6-17(18)16(2)36/h11-15,17-18H,5-10H2,1-4H3,(H,39,40)/t15-,17-,18+/m0/s1. The Labute approximate surface area is 271 Å². The van der Waals surface area contributed by atoms with Gasteiger partial charge in [-0.1, -0.05) is 6.92 Å². The molecular weight excluding hydrogens is 642 g/mol. The van der Waals surface area contributed by atoms with Crippen molar-refractivity contribution in [1.29, 1.82) is 0 Å². The first-order valence-corrected chi connectivity index (χ1v) is 16.2. The molecule has 0 radical (unpaired) electrons. The Morgan fingerprint density at radius 1 is 0.848 bits per heavy atom. The molecule has 2 aromatic heterocycles. The van der Waals surface area contributed by atoms with E-state index in [4.69, 9.17) is 24.1 Å². The molecular formula is C33H32F2O9S2. The smallest absolute Gasteiger partial charge is 0.306 e. The molecule has 1 aliphatic rings. The van der Waals surface area contributed by atoms with Gasteiger partial charge in [0.05, 0.1) is 43.1 Å². The highest BCUT2D eigenvalue weighted by Crippen LogP contribution is 2.44. The zero-order valence-electron chi connectivity index (χ0n) is 25.6. The molecule has 46 heavy (non-hydrogen) atoms. The molecule has 1 N–H and O–H groups in total. The minimum atomic E-state index is -1.09.